The first kappa shape index (κ1) is 40.3. The number of anilines is 1. The van der Waals surface area contributed by atoms with Gasteiger partial charge in [0.25, 0.3) is 5.91 Å². The van der Waals surface area contributed by atoms with Crippen molar-refractivity contribution in [1.82, 2.24) is 41.0 Å². The van der Waals surface area contributed by atoms with E-state index in [2.05, 4.69) is 36.6 Å². The van der Waals surface area contributed by atoms with Crippen LogP contribution in [0.5, 0.6) is 0 Å². The van der Waals surface area contributed by atoms with Crippen molar-refractivity contribution in [2.24, 2.45) is 0 Å². The van der Waals surface area contributed by atoms with Crippen molar-refractivity contribution in [3.63, 3.8) is 0 Å². The number of imidazole rings is 1. The van der Waals surface area contributed by atoms with Crippen LogP contribution >= 0.6 is 11.8 Å². The lowest BCUT2D eigenvalue weighted by molar-refractivity contribution is -0.141. The monoisotopic (exact) mass is 789 g/mol. The van der Waals surface area contributed by atoms with Gasteiger partial charge in [-0.1, -0.05) is 25.0 Å². The van der Waals surface area contributed by atoms with Crippen molar-refractivity contribution in [1.29, 1.82) is 0 Å². The molecule has 300 valence electrons. The lowest BCUT2D eigenvalue weighted by Crippen LogP contribution is -2.44. The molecule has 2 fully saturated rings. The highest BCUT2D eigenvalue weighted by molar-refractivity contribution is 8.00. The number of fused-ring (bicyclic) bond motifs is 3. The van der Waals surface area contributed by atoms with Crippen molar-refractivity contribution >= 4 is 64.1 Å². The molecule has 2 aromatic carbocycles. The third-order valence-corrected chi connectivity index (χ3v) is 11.9. The van der Waals surface area contributed by atoms with Gasteiger partial charge in [0.15, 0.2) is 0 Å². The fourth-order valence-corrected chi connectivity index (χ4v) is 8.99. The van der Waals surface area contributed by atoms with Crippen LogP contribution in [0.25, 0.3) is 11.0 Å². The Kier molecular flexibility index (Phi) is 13.7. The number of unbranched alkanes of at least 4 members (excludes halogenated alkanes) is 3. The summed E-state index contributed by atoms with van der Waals surface area (Å²) < 4.78 is 0. The molecular weight excluding hydrogens is 739 g/mol. The summed E-state index contributed by atoms with van der Waals surface area (Å²) in [5, 5.41) is 24.7. The average Bonchev–Trinajstić information content (AvgIpc) is 3.85. The summed E-state index contributed by atoms with van der Waals surface area (Å²) in [6, 6.07) is 12.0. The van der Waals surface area contributed by atoms with Gasteiger partial charge in [0.05, 0.1) is 36.1 Å². The van der Waals surface area contributed by atoms with Gasteiger partial charge in [0, 0.05) is 68.3 Å². The number of para-hydroxylation sites is 2. The van der Waals surface area contributed by atoms with Gasteiger partial charge in [-0.3, -0.25) is 24.0 Å². The van der Waals surface area contributed by atoms with E-state index in [0.29, 0.717) is 53.7 Å². The fourth-order valence-electron chi connectivity index (χ4n) is 7.45. The molecule has 4 atom stereocenters. The molecule has 1 aromatic heterocycles. The zero-order valence-corrected chi connectivity index (χ0v) is 32.4. The van der Waals surface area contributed by atoms with Crippen molar-refractivity contribution in [2.45, 2.75) is 94.3 Å². The highest BCUT2D eigenvalue weighted by Gasteiger charge is 2.42. The van der Waals surface area contributed by atoms with E-state index in [4.69, 9.17) is 0 Å². The van der Waals surface area contributed by atoms with E-state index < -0.39 is 24.3 Å². The number of aromatic nitrogens is 2. The molecule has 3 aromatic rings. The van der Waals surface area contributed by atoms with E-state index in [0.717, 1.165) is 48.9 Å². The normalized spacial score (nSPS) is 20.0. The van der Waals surface area contributed by atoms with Gasteiger partial charge in [0.2, 0.25) is 17.7 Å². The summed E-state index contributed by atoms with van der Waals surface area (Å²) in [5.74, 6) is -0.329. The van der Waals surface area contributed by atoms with Crippen LogP contribution in [0, 0.1) is 0 Å². The van der Waals surface area contributed by atoms with Crippen LogP contribution in [0.2, 0.25) is 0 Å². The van der Waals surface area contributed by atoms with Crippen LogP contribution in [-0.4, -0.2) is 116 Å². The van der Waals surface area contributed by atoms with Gasteiger partial charge < -0.3 is 46.5 Å². The number of urea groups is 1. The Morgan fingerprint density at radius 1 is 0.946 bits per heavy atom. The third-order valence-electron chi connectivity index (χ3n) is 10.4. The maximum absolute atomic E-state index is 13.5. The summed E-state index contributed by atoms with van der Waals surface area (Å²) in [7, 11) is 1.69. The van der Waals surface area contributed by atoms with E-state index in [9.17, 15) is 33.9 Å². The molecule has 0 bridgehead atoms. The predicted molar refractivity (Wildman–Crippen MR) is 212 cm³/mol. The first-order valence-corrected chi connectivity index (χ1v) is 20.4. The first-order valence-electron chi connectivity index (χ1n) is 19.3. The Bertz CT molecular complexity index is 1890. The van der Waals surface area contributed by atoms with Crippen LogP contribution in [-0.2, 0) is 32.3 Å². The second kappa shape index (κ2) is 19.0. The van der Waals surface area contributed by atoms with Crippen LogP contribution < -0.4 is 26.6 Å². The minimum atomic E-state index is -1.13. The van der Waals surface area contributed by atoms with Gasteiger partial charge in [-0.25, -0.2) is 9.78 Å². The second-order valence-electron chi connectivity index (χ2n) is 14.7. The van der Waals surface area contributed by atoms with E-state index >= 15 is 0 Å². The number of hydrogen-bond donors (Lipinski definition) is 7. The van der Waals surface area contributed by atoms with E-state index in [1.807, 2.05) is 36.0 Å². The van der Waals surface area contributed by atoms with Gasteiger partial charge in [-0.2, -0.15) is 11.8 Å². The molecule has 17 heteroatoms. The Hall–Kier alpha value is -5.32. The van der Waals surface area contributed by atoms with Crippen molar-refractivity contribution in [3.05, 3.63) is 59.4 Å². The Labute approximate surface area is 329 Å². The summed E-state index contributed by atoms with van der Waals surface area (Å²) in [5.41, 5.74) is 3.33. The zero-order valence-electron chi connectivity index (χ0n) is 31.6. The highest BCUT2D eigenvalue weighted by atomic mass is 32.2. The predicted octanol–water partition coefficient (Wildman–Crippen LogP) is 2.95. The molecule has 0 unspecified atom stereocenters. The summed E-state index contributed by atoms with van der Waals surface area (Å²) >= 11 is 1.88. The maximum Gasteiger partial charge on any atom is 0.315 e. The van der Waals surface area contributed by atoms with Crippen LogP contribution in [0.4, 0.5) is 10.5 Å². The summed E-state index contributed by atoms with van der Waals surface area (Å²) in [6.45, 7) is 1.28. The maximum atomic E-state index is 13.5. The van der Waals surface area contributed by atoms with Crippen LogP contribution in [0.3, 0.4) is 0 Å². The smallest absolute Gasteiger partial charge is 0.315 e. The molecule has 2 saturated heterocycles. The lowest BCUT2D eigenvalue weighted by Gasteiger charge is -2.24. The second-order valence-corrected chi connectivity index (χ2v) is 15.9. The molecule has 0 saturated carbocycles. The molecule has 0 radical (unpaired) electrons. The SMILES string of the molecule is CN(Cc1nc2ccccc2[nH]1)C(=O)c1ccc2c(c1)CN(CCNC(=O)CCCCCNC(=O)CCCC[C@@H]1SC[C@@H]3NC(=O)N[C@@H]31)C(=O)[C@H](CC(=O)O)N2. The number of aliphatic carboxylic acids is 1. The minimum Gasteiger partial charge on any atom is -0.481 e. The molecule has 0 aliphatic carbocycles. The third kappa shape index (κ3) is 10.7. The molecule has 7 N–H and O–H groups in total. The fraction of sp³-hybridized carbons (Fsp3) is 0.513. The van der Waals surface area contributed by atoms with E-state index in [1.165, 1.54) is 4.90 Å². The number of carboxylic acid groups (broad SMARTS) is 1. The summed E-state index contributed by atoms with van der Waals surface area (Å²) in [4.78, 5) is 85.9. The van der Waals surface area contributed by atoms with Crippen molar-refractivity contribution < 1.29 is 33.9 Å². The topological polar surface area (TPSA) is 218 Å². The van der Waals surface area contributed by atoms with Crippen LogP contribution in [0.1, 0.15) is 79.5 Å². The number of benzene rings is 2. The average molecular weight is 790 g/mol. The van der Waals surface area contributed by atoms with E-state index in [1.54, 1.807) is 30.1 Å². The van der Waals surface area contributed by atoms with Gasteiger partial charge in [-0.05, 0) is 61.6 Å². The van der Waals surface area contributed by atoms with Crippen LogP contribution in [0.15, 0.2) is 42.5 Å². The molecule has 6 amide bonds. The number of nitrogens with zero attached hydrogens (tertiary/aromatic N) is 3. The van der Waals surface area contributed by atoms with Gasteiger partial charge in [-0.15, -0.1) is 0 Å². The van der Waals surface area contributed by atoms with Crippen molar-refractivity contribution in [2.75, 3.05) is 37.8 Å². The van der Waals surface area contributed by atoms with Gasteiger partial charge >= 0.3 is 12.0 Å². The highest BCUT2D eigenvalue weighted by Crippen LogP contribution is 2.33. The number of aromatic amines is 1. The first-order chi connectivity index (χ1) is 27.0. The number of nitrogens with one attached hydrogen (secondary N) is 6. The number of carbonyl (C=O) groups excluding carboxylic acids is 5. The molecule has 0 spiro atoms. The molecule has 56 heavy (non-hydrogen) atoms. The largest absolute Gasteiger partial charge is 0.481 e. The summed E-state index contributed by atoms with van der Waals surface area (Å²) in [6.07, 6.45) is 5.23. The Balaban J connectivity index is 0.897. The number of thioether (sulfide) groups is 1. The van der Waals surface area contributed by atoms with E-state index in [-0.39, 0.29) is 62.0 Å². The number of carboxylic acids is 1. The number of H-pyrrole nitrogens is 1. The number of amides is 6. The Morgan fingerprint density at radius 2 is 1.71 bits per heavy atom. The van der Waals surface area contributed by atoms with Gasteiger partial charge in [0.1, 0.15) is 11.9 Å². The molecule has 16 nitrogen and oxygen atoms in total. The zero-order chi connectivity index (χ0) is 39.6. The molecule has 4 heterocycles. The number of carbonyl (C=O) groups is 6. The molecular formula is C39H51N9O7S. The quantitative estimate of drug-likeness (QED) is 0.0696. The molecule has 6 rings (SSSR count). The number of hydrogen-bond acceptors (Lipinski definition) is 9. The number of rotatable bonds is 19. The van der Waals surface area contributed by atoms with Crippen molar-refractivity contribution in [3.8, 4) is 0 Å². The molecule has 3 aliphatic rings. The molecule has 3 aliphatic heterocycles. The lowest BCUT2D eigenvalue weighted by atomic mass is 10.0. The Morgan fingerprint density at radius 3 is 2.50 bits per heavy atom. The standard InChI is InChI=1S/C39H51N9O7S/c1-47(22-32-43-27-9-4-5-10-28(27)44-32)37(53)24-14-15-26-25(19-24)21-48(38(54)29(42-26)20-35(51)52)18-17-41-34(50)12-3-2-8-16-40-33(49)13-7-6-11-31-36-30(23-56-31)45-39(55)46-36/h4-5,9-10,14-15,19,29-31,36,42H,2-3,6-8,11-13,16-18,20-23H2,1H3,(H,40,49)(H,41,50)(H,43,44)(H,51,52)(H2,45,46,55)/t29-,30-,31-,36-/m0/s1. The minimum absolute atomic E-state index is 0.0242.